The van der Waals surface area contributed by atoms with Gasteiger partial charge in [-0.15, -0.1) is 0 Å². The number of hydrogen-bond donors (Lipinski definition) is 1. The molecule has 0 aliphatic heterocycles. The zero-order chi connectivity index (χ0) is 18.5. The zero-order valence-electron chi connectivity index (χ0n) is 14.7. The van der Waals surface area contributed by atoms with Gasteiger partial charge in [-0.25, -0.2) is 0 Å². The van der Waals surface area contributed by atoms with Crippen LogP contribution in [0, 0.1) is 0 Å². The van der Waals surface area contributed by atoms with E-state index in [1.165, 1.54) is 5.56 Å². The molecule has 3 rings (SSSR count). The second-order valence-corrected chi connectivity index (χ2v) is 6.44. The van der Waals surface area contributed by atoms with Crippen molar-refractivity contribution in [3.8, 4) is 5.75 Å². The summed E-state index contributed by atoms with van der Waals surface area (Å²) in [5, 5.41) is 0.669. The van der Waals surface area contributed by atoms with Crippen LogP contribution < -0.4 is 15.4 Å². The summed E-state index contributed by atoms with van der Waals surface area (Å²) in [7, 11) is 3.69. The van der Waals surface area contributed by atoms with E-state index in [1.807, 2.05) is 44.4 Å². The van der Waals surface area contributed by atoms with Gasteiger partial charge in [0.15, 0.2) is 5.82 Å². The molecular formula is C19H20ClN5O. The fourth-order valence-electron chi connectivity index (χ4n) is 2.47. The number of anilines is 2. The van der Waals surface area contributed by atoms with E-state index in [2.05, 4.69) is 27.1 Å². The van der Waals surface area contributed by atoms with Crippen LogP contribution in [0.4, 0.5) is 11.9 Å². The molecule has 0 fully saturated rings. The van der Waals surface area contributed by atoms with Crippen molar-refractivity contribution in [2.75, 3.05) is 24.7 Å². The highest BCUT2D eigenvalue weighted by atomic mass is 35.5. The minimum Gasteiger partial charge on any atom is -0.485 e. The molecule has 0 aliphatic carbocycles. The highest BCUT2D eigenvalue weighted by Crippen LogP contribution is 2.26. The van der Waals surface area contributed by atoms with Crippen LogP contribution in [0.25, 0.3) is 0 Å². The lowest BCUT2D eigenvalue weighted by molar-refractivity contribution is 0.293. The molecule has 0 amide bonds. The minimum absolute atomic E-state index is 0.169. The van der Waals surface area contributed by atoms with Crippen LogP contribution in [0.5, 0.6) is 5.75 Å². The number of hydrogen-bond acceptors (Lipinski definition) is 6. The lowest BCUT2D eigenvalue weighted by atomic mass is 10.0. The standard InChI is InChI=1S/C19H20ClN5O/c1-25(2)19-23-17(22-18(21)24-19)12-26-16-9-8-15(20)11-14(16)10-13-6-4-3-5-7-13/h3-9,11H,10,12H2,1-2H3,(H2,21,22,23,24). The first kappa shape index (κ1) is 17.9. The maximum absolute atomic E-state index is 6.17. The van der Waals surface area contributed by atoms with Gasteiger partial charge >= 0.3 is 0 Å². The molecule has 0 saturated carbocycles. The molecule has 0 bridgehead atoms. The summed E-state index contributed by atoms with van der Waals surface area (Å²) in [5.41, 5.74) is 7.93. The van der Waals surface area contributed by atoms with Crippen LogP contribution in [-0.2, 0) is 13.0 Å². The molecule has 6 nitrogen and oxygen atoms in total. The van der Waals surface area contributed by atoms with Gasteiger partial charge in [0.2, 0.25) is 11.9 Å². The molecule has 1 heterocycles. The SMILES string of the molecule is CN(C)c1nc(N)nc(COc2ccc(Cl)cc2Cc2ccccc2)n1. The van der Waals surface area contributed by atoms with Gasteiger partial charge in [0, 0.05) is 25.5 Å². The van der Waals surface area contributed by atoms with E-state index in [-0.39, 0.29) is 12.6 Å². The monoisotopic (exact) mass is 369 g/mol. The third kappa shape index (κ3) is 4.61. The predicted molar refractivity (Wildman–Crippen MR) is 104 cm³/mol. The Labute approximate surface area is 157 Å². The molecule has 0 spiro atoms. The number of halogens is 1. The first-order valence-corrected chi connectivity index (χ1v) is 8.52. The van der Waals surface area contributed by atoms with E-state index < -0.39 is 0 Å². The van der Waals surface area contributed by atoms with Gasteiger partial charge in [-0.1, -0.05) is 41.9 Å². The number of nitrogens with zero attached hydrogens (tertiary/aromatic N) is 4. The summed E-state index contributed by atoms with van der Waals surface area (Å²) in [4.78, 5) is 14.3. The number of rotatable bonds is 6. The molecule has 0 radical (unpaired) electrons. The largest absolute Gasteiger partial charge is 0.485 e. The molecule has 0 unspecified atom stereocenters. The predicted octanol–water partition coefficient (Wildman–Crippen LogP) is 3.34. The molecule has 3 aromatic rings. The minimum atomic E-state index is 0.169. The van der Waals surface area contributed by atoms with Crippen molar-refractivity contribution in [3.63, 3.8) is 0 Å². The van der Waals surface area contributed by atoms with Gasteiger partial charge in [-0.2, -0.15) is 15.0 Å². The molecular weight excluding hydrogens is 350 g/mol. The molecule has 0 saturated heterocycles. The van der Waals surface area contributed by atoms with Crippen molar-refractivity contribution in [1.29, 1.82) is 0 Å². The van der Waals surface area contributed by atoms with E-state index in [1.54, 1.807) is 11.0 Å². The maximum atomic E-state index is 6.17. The Bertz CT molecular complexity index is 886. The lowest BCUT2D eigenvalue weighted by Gasteiger charge is -2.14. The average Bonchev–Trinajstić information content (AvgIpc) is 2.61. The summed E-state index contributed by atoms with van der Waals surface area (Å²) < 4.78 is 5.95. The molecule has 0 aliphatic rings. The fraction of sp³-hybridized carbons (Fsp3) is 0.211. The first-order chi connectivity index (χ1) is 12.5. The van der Waals surface area contributed by atoms with E-state index >= 15 is 0 Å². The van der Waals surface area contributed by atoms with Crippen molar-refractivity contribution in [1.82, 2.24) is 15.0 Å². The second-order valence-electron chi connectivity index (χ2n) is 6.01. The van der Waals surface area contributed by atoms with Crippen molar-refractivity contribution in [2.45, 2.75) is 13.0 Å². The third-order valence-electron chi connectivity index (χ3n) is 3.70. The molecule has 134 valence electrons. The second kappa shape index (κ2) is 8.01. The van der Waals surface area contributed by atoms with Crippen molar-refractivity contribution in [2.24, 2.45) is 0 Å². The van der Waals surface area contributed by atoms with Gasteiger partial charge in [0.25, 0.3) is 0 Å². The van der Waals surface area contributed by atoms with Gasteiger partial charge in [0.1, 0.15) is 12.4 Å². The van der Waals surface area contributed by atoms with E-state index in [4.69, 9.17) is 22.1 Å². The molecule has 2 N–H and O–H groups in total. The number of benzene rings is 2. The lowest BCUT2D eigenvalue weighted by Crippen LogP contribution is -2.17. The Morgan fingerprint density at radius 2 is 1.81 bits per heavy atom. The number of nitrogen functional groups attached to an aromatic ring is 1. The Kier molecular flexibility index (Phi) is 5.53. The van der Waals surface area contributed by atoms with Crippen LogP contribution in [0.3, 0.4) is 0 Å². The van der Waals surface area contributed by atoms with E-state index in [0.29, 0.717) is 16.8 Å². The molecule has 1 aromatic heterocycles. The van der Waals surface area contributed by atoms with Crippen molar-refractivity contribution in [3.05, 3.63) is 70.5 Å². The summed E-state index contributed by atoms with van der Waals surface area (Å²) in [6.07, 6.45) is 0.721. The quantitative estimate of drug-likeness (QED) is 0.718. The molecule has 26 heavy (non-hydrogen) atoms. The topological polar surface area (TPSA) is 77.2 Å². The Hall–Kier alpha value is -2.86. The van der Waals surface area contributed by atoms with Gasteiger partial charge in [-0.05, 0) is 29.3 Å². The Morgan fingerprint density at radius 1 is 1.04 bits per heavy atom. The number of nitrogens with two attached hydrogens (primary N) is 1. The van der Waals surface area contributed by atoms with Crippen LogP contribution in [0.15, 0.2) is 48.5 Å². The molecule has 7 heteroatoms. The van der Waals surface area contributed by atoms with Crippen LogP contribution in [-0.4, -0.2) is 29.0 Å². The van der Waals surface area contributed by atoms with Crippen LogP contribution >= 0.6 is 11.6 Å². The summed E-state index contributed by atoms with van der Waals surface area (Å²) >= 11 is 6.17. The van der Waals surface area contributed by atoms with Crippen molar-refractivity contribution < 1.29 is 4.74 Å². The maximum Gasteiger partial charge on any atom is 0.230 e. The number of ether oxygens (including phenoxy) is 1. The smallest absolute Gasteiger partial charge is 0.230 e. The first-order valence-electron chi connectivity index (χ1n) is 8.14. The molecule has 2 aromatic carbocycles. The average molecular weight is 370 g/mol. The van der Waals surface area contributed by atoms with Gasteiger partial charge in [0.05, 0.1) is 0 Å². The Balaban J connectivity index is 1.80. The fourth-order valence-corrected chi connectivity index (χ4v) is 2.67. The van der Waals surface area contributed by atoms with Crippen molar-refractivity contribution >= 4 is 23.5 Å². The summed E-state index contributed by atoms with van der Waals surface area (Å²) in [6.45, 7) is 0.191. The van der Waals surface area contributed by atoms with Crippen LogP contribution in [0.2, 0.25) is 5.02 Å². The summed E-state index contributed by atoms with van der Waals surface area (Å²) in [6, 6.07) is 15.7. The normalized spacial score (nSPS) is 10.6. The molecule has 0 atom stereocenters. The van der Waals surface area contributed by atoms with Gasteiger partial charge < -0.3 is 15.4 Å². The third-order valence-corrected chi connectivity index (χ3v) is 3.94. The highest BCUT2D eigenvalue weighted by molar-refractivity contribution is 6.30. The Morgan fingerprint density at radius 3 is 2.54 bits per heavy atom. The number of aromatic nitrogens is 3. The zero-order valence-corrected chi connectivity index (χ0v) is 15.4. The van der Waals surface area contributed by atoms with E-state index in [0.717, 1.165) is 17.7 Å². The van der Waals surface area contributed by atoms with E-state index in [9.17, 15) is 0 Å². The summed E-state index contributed by atoms with van der Waals surface area (Å²) in [5.74, 6) is 1.88. The van der Waals surface area contributed by atoms with Gasteiger partial charge in [-0.3, -0.25) is 0 Å². The van der Waals surface area contributed by atoms with Crippen LogP contribution in [0.1, 0.15) is 17.0 Å². The highest BCUT2D eigenvalue weighted by Gasteiger charge is 2.10.